The molecule has 0 saturated heterocycles. The Morgan fingerprint density at radius 1 is 1.05 bits per heavy atom. The van der Waals surface area contributed by atoms with Gasteiger partial charge in [-0.25, -0.2) is 4.79 Å². The van der Waals surface area contributed by atoms with Gasteiger partial charge in [0, 0.05) is 6.08 Å². The molecule has 0 radical (unpaired) electrons. The van der Waals surface area contributed by atoms with Gasteiger partial charge < -0.3 is 4.74 Å². The number of hydrogen-bond donors (Lipinski definition) is 0. The Morgan fingerprint density at radius 3 is 2.43 bits per heavy atom. The van der Waals surface area contributed by atoms with Crippen molar-refractivity contribution in [1.82, 2.24) is 0 Å². The van der Waals surface area contributed by atoms with Crippen molar-refractivity contribution >= 4 is 5.97 Å². The highest BCUT2D eigenvalue weighted by molar-refractivity contribution is 5.82. The van der Waals surface area contributed by atoms with Gasteiger partial charge in [0.15, 0.2) is 0 Å². The molecule has 1 aromatic carbocycles. The van der Waals surface area contributed by atoms with Crippen LogP contribution < -0.4 is 0 Å². The highest BCUT2D eigenvalue weighted by Gasteiger charge is 2.01. The van der Waals surface area contributed by atoms with Gasteiger partial charge in [0.25, 0.3) is 0 Å². The number of ether oxygens (including phenoxy) is 1. The molecule has 116 valence electrons. The van der Waals surface area contributed by atoms with E-state index in [2.05, 4.69) is 6.92 Å². The average molecular weight is 288 g/mol. The molecule has 1 rings (SSSR count). The van der Waals surface area contributed by atoms with Gasteiger partial charge in [-0.3, -0.25) is 0 Å². The zero-order valence-electron chi connectivity index (χ0n) is 13.4. The molecule has 0 spiro atoms. The third-order valence-corrected chi connectivity index (χ3v) is 3.51. The summed E-state index contributed by atoms with van der Waals surface area (Å²) in [5.74, 6) is -0.234. The fourth-order valence-electron chi connectivity index (χ4n) is 2.23. The Balaban J connectivity index is 2.16. The van der Waals surface area contributed by atoms with E-state index in [0.717, 1.165) is 24.0 Å². The number of esters is 1. The summed E-state index contributed by atoms with van der Waals surface area (Å²) < 4.78 is 5.24. The molecule has 0 N–H and O–H groups in total. The smallest absolute Gasteiger partial charge is 0.331 e. The van der Waals surface area contributed by atoms with Crippen LogP contribution in [-0.4, -0.2) is 5.97 Å². The first kappa shape index (κ1) is 17.5. The zero-order valence-corrected chi connectivity index (χ0v) is 13.4. The van der Waals surface area contributed by atoms with Gasteiger partial charge in [-0.2, -0.15) is 0 Å². The van der Waals surface area contributed by atoms with Crippen molar-refractivity contribution in [1.29, 1.82) is 0 Å². The van der Waals surface area contributed by atoms with Crippen LogP contribution in [0.15, 0.2) is 42.0 Å². The van der Waals surface area contributed by atoms with Crippen molar-refractivity contribution in [3.8, 4) is 0 Å². The van der Waals surface area contributed by atoms with Gasteiger partial charge in [-0.1, -0.05) is 74.9 Å². The van der Waals surface area contributed by atoms with Crippen LogP contribution in [0.3, 0.4) is 0 Å². The molecule has 0 aromatic heterocycles. The lowest BCUT2D eigenvalue weighted by Crippen LogP contribution is -2.01. The molecule has 0 atom stereocenters. The standard InChI is InChI=1S/C19H28O2/c1-3-4-5-6-7-9-12-17(2)15-19(20)21-16-18-13-10-8-11-14-18/h8,10-11,13-15H,3-7,9,12,16H2,1-2H3/b17-15-. The Bertz CT molecular complexity index is 420. The molecule has 0 aliphatic rings. The number of carbonyl (C=O) groups is 1. The third kappa shape index (κ3) is 9.06. The first-order valence-electron chi connectivity index (χ1n) is 8.10. The van der Waals surface area contributed by atoms with E-state index in [9.17, 15) is 4.79 Å². The third-order valence-electron chi connectivity index (χ3n) is 3.51. The van der Waals surface area contributed by atoms with Crippen molar-refractivity contribution in [2.75, 3.05) is 0 Å². The summed E-state index contributed by atoms with van der Waals surface area (Å²) in [4.78, 5) is 11.7. The lowest BCUT2D eigenvalue weighted by Gasteiger charge is -2.04. The normalized spacial score (nSPS) is 11.4. The molecule has 0 fully saturated rings. The quantitative estimate of drug-likeness (QED) is 0.326. The molecular formula is C19H28O2. The Labute approximate surface area is 129 Å². The molecule has 2 heteroatoms. The largest absolute Gasteiger partial charge is 0.458 e. The second kappa shape index (κ2) is 11.1. The van der Waals surface area contributed by atoms with E-state index in [-0.39, 0.29) is 5.97 Å². The first-order chi connectivity index (χ1) is 10.2. The van der Waals surface area contributed by atoms with E-state index >= 15 is 0 Å². The van der Waals surface area contributed by atoms with Crippen LogP contribution in [0.25, 0.3) is 0 Å². The maximum atomic E-state index is 11.7. The number of unbranched alkanes of at least 4 members (excludes halogenated alkanes) is 5. The van der Waals surface area contributed by atoms with Crippen LogP contribution in [0.1, 0.15) is 64.4 Å². The molecule has 0 unspecified atom stereocenters. The first-order valence-corrected chi connectivity index (χ1v) is 8.10. The van der Waals surface area contributed by atoms with Crippen molar-refractivity contribution in [3.05, 3.63) is 47.5 Å². The minimum absolute atomic E-state index is 0.234. The summed E-state index contributed by atoms with van der Waals surface area (Å²) in [5, 5.41) is 0. The topological polar surface area (TPSA) is 26.3 Å². The summed E-state index contributed by atoms with van der Waals surface area (Å²) >= 11 is 0. The molecule has 0 saturated carbocycles. The molecular weight excluding hydrogens is 260 g/mol. The summed E-state index contributed by atoms with van der Waals surface area (Å²) in [6.45, 7) is 4.59. The number of rotatable bonds is 10. The monoisotopic (exact) mass is 288 g/mol. The SMILES string of the molecule is CCCCCCCC/C(C)=C\C(=O)OCc1ccccc1. The van der Waals surface area contributed by atoms with E-state index in [1.807, 2.05) is 37.3 Å². The van der Waals surface area contributed by atoms with Gasteiger partial charge in [0.1, 0.15) is 6.61 Å². The fraction of sp³-hybridized carbons (Fsp3) is 0.526. The molecule has 1 aromatic rings. The lowest BCUT2D eigenvalue weighted by atomic mass is 10.1. The molecule has 0 amide bonds. The molecule has 2 nitrogen and oxygen atoms in total. The fourth-order valence-corrected chi connectivity index (χ4v) is 2.23. The van der Waals surface area contributed by atoms with Crippen molar-refractivity contribution in [2.24, 2.45) is 0 Å². The molecule has 0 aliphatic carbocycles. The lowest BCUT2D eigenvalue weighted by molar-refractivity contribution is -0.139. The predicted molar refractivity (Wildman–Crippen MR) is 88.0 cm³/mol. The van der Waals surface area contributed by atoms with Crippen LogP contribution in [0, 0.1) is 0 Å². The van der Waals surface area contributed by atoms with E-state index in [4.69, 9.17) is 4.74 Å². The zero-order chi connectivity index (χ0) is 15.3. The Kier molecular flexibility index (Phi) is 9.26. The van der Waals surface area contributed by atoms with E-state index < -0.39 is 0 Å². The van der Waals surface area contributed by atoms with Crippen LogP contribution in [0.2, 0.25) is 0 Å². The van der Waals surface area contributed by atoms with E-state index in [0.29, 0.717) is 6.61 Å². The average Bonchev–Trinajstić information content (AvgIpc) is 2.50. The molecule has 0 heterocycles. The van der Waals surface area contributed by atoms with Crippen LogP contribution in [-0.2, 0) is 16.1 Å². The maximum Gasteiger partial charge on any atom is 0.331 e. The molecule has 21 heavy (non-hydrogen) atoms. The van der Waals surface area contributed by atoms with Crippen molar-refractivity contribution in [3.63, 3.8) is 0 Å². The summed E-state index contributed by atoms with van der Waals surface area (Å²) in [6, 6.07) is 9.77. The van der Waals surface area contributed by atoms with Gasteiger partial charge in [-0.05, 0) is 25.3 Å². The van der Waals surface area contributed by atoms with Crippen LogP contribution >= 0.6 is 0 Å². The number of allylic oxidation sites excluding steroid dienone is 1. The summed E-state index contributed by atoms with van der Waals surface area (Å²) in [7, 11) is 0. The number of carbonyl (C=O) groups excluding carboxylic acids is 1. The van der Waals surface area contributed by atoms with E-state index in [1.54, 1.807) is 6.08 Å². The summed E-state index contributed by atoms with van der Waals surface area (Å²) in [5.41, 5.74) is 2.14. The molecule has 0 aliphatic heterocycles. The Morgan fingerprint density at radius 2 is 1.71 bits per heavy atom. The van der Waals surface area contributed by atoms with Crippen molar-refractivity contribution < 1.29 is 9.53 Å². The second-order valence-electron chi connectivity index (χ2n) is 5.60. The van der Waals surface area contributed by atoms with E-state index in [1.165, 1.54) is 32.1 Å². The Hall–Kier alpha value is -1.57. The van der Waals surface area contributed by atoms with Crippen LogP contribution in [0.4, 0.5) is 0 Å². The van der Waals surface area contributed by atoms with Gasteiger partial charge in [0.05, 0.1) is 0 Å². The number of hydrogen-bond acceptors (Lipinski definition) is 2. The second-order valence-corrected chi connectivity index (χ2v) is 5.60. The summed E-state index contributed by atoms with van der Waals surface area (Å²) in [6.07, 6.45) is 10.3. The highest BCUT2D eigenvalue weighted by Crippen LogP contribution is 2.11. The van der Waals surface area contributed by atoms with Crippen molar-refractivity contribution in [2.45, 2.75) is 65.4 Å². The van der Waals surface area contributed by atoms with Crippen LogP contribution in [0.5, 0.6) is 0 Å². The minimum Gasteiger partial charge on any atom is -0.458 e. The van der Waals surface area contributed by atoms with Gasteiger partial charge in [-0.15, -0.1) is 0 Å². The maximum absolute atomic E-state index is 11.7. The number of benzene rings is 1. The predicted octanol–water partition coefficient (Wildman–Crippen LogP) is 5.43. The van der Waals surface area contributed by atoms with Gasteiger partial charge >= 0.3 is 5.97 Å². The molecule has 0 bridgehead atoms. The highest BCUT2D eigenvalue weighted by atomic mass is 16.5. The minimum atomic E-state index is -0.234. The van der Waals surface area contributed by atoms with Gasteiger partial charge in [0.2, 0.25) is 0 Å².